The van der Waals surface area contributed by atoms with Crippen LogP contribution in [0.25, 0.3) is 5.69 Å². The van der Waals surface area contributed by atoms with Crippen LogP contribution >= 0.6 is 24.0 Å². The number of halogens is 1. The molecule has 0 aliphatic carbocycles. The summed E-state index contributed by atoms with van der Waals surface area (Å²) in [6.45, 7) is 7.29. The number of hydrogen-bond donors (Lipinski definition) is 3. The molecule has 0 aliphatic rings. The van der Waals surface area contributed by atoms with Gasteiger partial charge in [-0.15, -0.1) is 34.2 Å². The zero-order valence-corrected chi connectivity index (χ0v) is 20.9. The first-order valence-electron chi connectivity index (χ1n) is 10.5. The summed E-state index contributed by atoms with van der Waals surface area (Å²) in [5.41, 5.74) is 1.76. The Balaban J connectivity index is 0.00000363. The predicted molar refractivity (Wildman–Crippen MR) is 137 cm³/mol. The summed E-state index contributed by atoms with van der Waals surface area (Å²) in [6.07, 6.45) is 1.06. The summed E-state index contributed by atoms with van der Waals surface area (Å²) in [4.78, 5) is 4.60. The summed E-state index contributed by atoms with van der Waals surface area (Å²) in [7, 11) is 0. The first kappa shape index (κ1) is 25.6. The number of guanidine groups is 1. The third-order valence-electron chi connectivity index (χ3n) is 4.45. The molecule has 0 saturated heterocycles. The molecule has 2 aromatic carbocycles. The Morgan fingerprint density at radius 1 is 1.12 bits per heavy atom. The molecular formula is C23H31IN6O2. The van der Waals surface area contributed by atoms with Crippen molar-refractivity contribution in [1.82, 2.24) is 25.4 Å². The number of nitrogens with zero attached hydrogens (tertiary/aromatic N) is 4. The number of ether oxygens (including phenoxy) is 1. The molecular weight excluding hydrogens is 519 g/mol. The van der Waals surface area contributed by atoms with Crippen molar-refractivity contribution in [3.05, 3.63) is 72.3 Å². The van der Waals surface area contributed by atoms with Crippen molar-refractivity contribution in [2.45, 2.75) is 39.5 Å². The average Bonchev–Trinajstić information content (AvgIpc) is 3.24. The Hall–Kier alpha value is -2.66. The fourth-order valence-corrected chi connectivity index (χ4v) is 3.04. The normalized spacial score (nSPS) is 12.2. The Bertz CT molecular complexity index is 977. The van der Waals surface area contributed by atoms with Crippen LogP contribution in [0.2, 0.25) is 0 Å². The smallest absolute Gasteiger partial charge is 0.191 e. The molecule has 32 heavy (non-hydrogen) atoms. The van der Waals surface area contributed by atoms with Gasteiger partial charge in [0.25, 0.3) is 0 Å². The molecule has 0 fully saturated rings. The molecule has 9 heteroatoms. The van der Waals surface area contributed by atoms with Crippen molar-refractivity contribution < 1.29 is 9.84 Å². The fraction of sp³-hybridized carbons (Fsp3) is 0.348. The number of nitrogens with one attached hydrogen (secondary N) is 2. The molecule has 0 amide bonds. The first-order chi connectivity index (χ1) is 15.1. The Labute approximate surface area is 206 Å². The van der Waals surface area contributed by atoms with E-state index in [0.29, 0.717) is 25.6 Å². The number of para-hydroxylation sites is 1. The van der Waals surface area contributed by atoms with Crippen molar-refractivity contribution in [3.63, 3.8) is 0 Å². The molecule has 1 aromatic heterocycles. The Kier molecular flexibility index (Phi) is 10.4. The van der Waals surface area contributed by atoms with Gasteiger partial charge in [0, 0.05) is 18.8 Å². The van der Waals surface area contributed by atoms with Gasteiger partial charge < -0.3 is 20.5 Å². The number of aliphatic hydroxyl groups excluding tert-OH is 1. The topological polar surface area (TPSA) is 96.6 Å². The maximum atomic E-state index is 10.6. The molecule has 3 N–H and O–H groups in total. The average molecular weight is 550 g/mol. The number of rotatable bonds is 9. The van der Waals surface area contributed by atoms with E-state index in [9.17, 15) is 5.11 Å². The molecule has 0 bridgehead atoms. The van der Waals surface area contributed by atoms with Crippen molar-refractivity contribution >= 4 is 29.9 Å². The van der Waals surface area contributed by atoms with E-state index in [4.69, 9.17) is 4.74 Å². The van der Waals surface area contributed by atoms with E-state index in [1.165, 1.54) is 0 Å². The van der Waals surface area contributed by atoms with Crippen LogP contribution in [-0.4, -0.2) is 45.0 Å². The van der Waals surface area contributed by atoms with Gasteiger partial charge in [0.1, 0.15) is 18.6 Å². The number of benzene rings is 2. The van der Waals surface area contributed by atoms with Gasteiger partial charge in [0.2, 0.25) is 0 Å². The van der Waals surface area contributed by atoms with Gasteiger partial charge in [-0.05, 0) is 50.6 Å². The largest absolute Gasteiger partial charge is 0.491 e. The maximum Gasteiger partial charge on any atom is 0.191 e. The number of aliphatic imine (C=N–C) groups is 1. The van der Waals surface area contributed by atoms with Crippen LogP contribution in [-0.2, 0) is 6.54 Å². The van der Waals surface area contributed by atoms with Crippen LogP contribution in [0.5, 0.6) is 5.75 Å². The van der Waals surface area contributed by atoms with Gasteiger partial charge in [-0.25, -0.2) is 4.99 Å². The molecule has 1 atom stereocenters. The highest BCUT2D eigenvalue weighted by molar-refractivity contribution is 14.0. The third-order valence-corrected chi connectivity index (χ3v) is 4.45. The van der Waals surface area contributed by atoms with Crippen LogP contribution in [0.1, 0.15) is 38.3 Å². The second-order valence-corrected chi connectivity index (χ2v) is 7.28. The van der Waals surface area contributed by atoms with Crippen molar-refractivity contribution in [2.75, 3.05) is 13.1 Å². The van der Waals surface area contributed by atoms with E-state index >= 15 is 0 Å². The zero-order chi connectivity index (χ0) is 22.1. The lowest BCUT2D eigenvalue weighted by molar-refractivity contribution is 0.179. The number of hydrogen-bond acceptors (Lipinski definition) is 5. The molecule has 1 heterocycles. The first-order valence-corrected chi connectivity index (χ1v) is 10.5. The molecule has 3 rings (SSSR count). The van der Waals surface area contributed by atoms with Gasteiger partial charge in [-0.1, -0.05) is 30.3 Å². The van der Waals surface area contributed by atoms with E-state index in [0.717, 1.165) is 22.8 Å². The quantitative estimate of drug-likeness (QED) is 0.215. The van der Waals surface area contributed by atoms with Crippen LogP contribution in [0, 0.1) is 0 Å². The van der Waals surface area contributed by atoms with Gasteiger partial charge >= 0.3 is 0 Å². The minimum atomic E-state index is -0.701. The summed E-state index contributed by atoms with van der Waals surface area (Å²) in [5, 5.41) is 25.2. The molecule has 0 saturated carbocycles. The predicted octanol–water partition coefficient (Wildman–Crippen LogP) is 3.46. The minimum absolute atomic E-state index is 0. The number of aromatic nitrogens is 3. The van der Waals surface area contributed by atoms with Crippen LogP contribution in [0.3, 0.4) is 0 Å². The second-order valence-electron chi connectivity index (χ2n) is 7.28. The van der Waals surface area contributed by atoms with Gasteiger partial charge in [-0.2, -0.15) is 0 Å². The highest BCUT2D eigenvalue weighted by atomic mass is 127. The second kappa shape index (κ2) is 13.0. The van der Waals surface area contributed by atoms with Gasteiger partial charge in [0.15, 0.2) is 11.8 Å². The summed E-state index contributed by atoms with van der Waals surface area (Å²) in [5.74, 6) is 2.06. The zero-order valence-electron chi connectivity index (χ0n) is 18.6. The summed E-state index contributed by atoms with van der Waals surface area (Å²) in [6, 6.07) is 17.4. The van der Waals surface area contributed by atoms with Crippen LogP contribution in [0.15, 0.2) is 65.9 Å². The lowest BCUT2D eigenvalue weighted by Crippen LogP contribution is -2.39. The molecule has 172 valence electrons. The maximum absolute atomic E-state index is 10.6. The molecule has 0 radical (unpaired) electrons. The van der Waals surface area contributed by atoms with Crippen molar-refractivity contribution in [3.8, 4) is 11.4 Å². The highest BCUT2D eigenvalue weighted by Crippen LogP contribution is 2.20. The molecule has 0 spiro atoms. The fourth-order valence-electron chi connectivity index (χ4n) is 3.04. The van der Waals surface area contributed by atoms with E-state index in [-0.39, 0.29) is 30.1 Å². The molecule has 8 nitrogen and oxygen atoms in total. The molecule has 3 aromatic rings. The van der Waals surface area contributed by atoms with E-state index in [1.807, 2.05) is 79.9 Å². The number of aliphatic hydroxyl groups is 1. The Morgan fingerprint density at radius 3 is 2.62 bits per heavy atom. The van der Waals surface area contributed by atoms with E-state index in [1.54, 1.807) is 6.33 Å². The SMILES string of the molecule is CCNC(=NCc1nncn1-c1ccccc1)NCC(O)c1cccc(OC(C)C)c1.I. The molecule has 1 unspecified atom stereocenters. The van der Waals surface area contributed by atoms with Crippen LogP contribution < -0.4 is 15.4 Å². The van der Waals surface area contributed by atoms with Crippen molar-refractivity contribution in [2.24, 2.45) is 4.99 Å². The van der Waals surface area contributed by atoms with Crippen LogP contribution in [0.4, 0.5) is 0 Å². The van der Waals surface area contributed by atoms with Crippen molar-refractivity contribution in [1.29, 1.82) is 0 Å². The standard InChI is InChI=1S/C23H30N6O2.HI/c1-4-24-23(25-14-21(30)18-9-8-12-20(13-18)31-17(2)3)26-15-22-28-27-16-29(22)19-10-6-5-7-11-19;/h5-13,16-17,21,30H,4,14-15H2,1-3H3,(H2,24,25,26);1H. The molecule has 0 aliphatic heterocycles. The Morgan fingerprint density at radius 2 is 1.91 bits per heavy atom. The van der Waals surface area contributed by atoms with Gasteiger partial charge in [0.05, 0.1) is 12.2 Å². The highest BCUT2D eigenvalue weighted by Gasteiger charge is 2.11. The van der Waals surface area contributed by atoms with E-state index in [2.05, 4.69) is 25.8 Å². The minimum Gasteiger partial charge on any atom is -0.491 e. The summed E-state index contributed by atoms with van der Waals surface area (Å²) < 4.78 is 7.62. The van der Waals surface area contributed by atoms with E-state index < -0.39 is 6.10 Å². The summed E-state index contributed by atoms with van der Waals surface area (Å²) >= 11 is 0. The van der Waals surface area contributed by atoms with Gasteiger partial charge in [-0.3, -0.25) is 4.57 Å². The lowest BCUT2D eigenvalue weighted by Gasteiger charge is -2.17. The monoisotopic (exact) mass is 550 g/mol. The third kappa shape index (κ3) is 7.49. The lowest BCUT2D eigenvalue weighted by atomic mass is 10.1.